The van der Waals surface area contributed by atoms with E-state index in [2.05, 4.69) is 20.5 Å². The highest BCUT2D eigenvalue weighted by atomic mass is 32.1. The maximum Gasteiger partial charge on any atom is 0.435 e. The molecule has 0 aliphatic carbocycles. The number of amides is 1. The summed E-state index contributed by atoms with van der Waals surface area (Å²) in [7, 11) is 0. The van der Waals surface area contributed by atoms with Gasteiger partial charge in [-0.25, -0.2) is 5.43 Å². The van der Waals surface area contributed by atoms with Crippen molar-refractivity contribution < 1.29 is 22.7 Å². The second kappa shape index (κ2) is 7.87. The molecule has 0 saturated carbocycles. The smallest absolute Gasteiger partial charge is 0.378 e. The maximum atomic E-state index is 12.5. The predicted molar refractivity (Wildman–Crippen MR) is 90.3 cm³/mol. The highest BCUT2D eigenvalue weighted by molar-refractivity contribution is 7.17. The molecule has 2 aromatic heterocycles. The van der Waals surface area contributed by atoms with Gasteiger partial charge in [-0.2, -0.15) is 23.4 Å². The molecule has 3 heterocycles. The van der Waals surface area contributed by atoms with Gasteiger partial charge in [-0.15, -0.1) is 11.3 Å². The van der Waals surface area contributed by atoms with Gasteiger partial charge in [-0.05, 0) is 18.2 Å². The number of halogens is 3. The third kappa shape index (κ3) is 4.82. The number of nitrogens with one attached hydrogen (secondary N) is 1. The molecule has 0 atom stereocenters. The fourth-order valence-corrected chi connectivity index (χ4v) is 3.25. The first-order valence-corrected chi connectivity index (χ1v) is 8.58. The topological polar surface area (TPSA) is 71.8 Å². The van der Waals surface area contributed by atoms with Crippen LogP contribution in [0.5, 0.6) is 0 Å². The van der Waals surface area contributed by atoms with E-state index in [4.69, 9.17) is 4.74 Å². The van der Waals surface area contributed by atoms with Gasteiger partial charge in [0.1, 0.15) is 6.54 Å². The van der Waals surface area contributed by atoms with E-state index in [0.29, 0.717) is 13.2 Å². The Bertz CT molecular complexity index is 780. The molecular formula is C15H16F3N5O2S. The largest absolute Gasteiger partial charge is 0.435 e. The molecule has 0 aromatic carbocycles. The van der Waals surface area contributed by atoms with E-state index in [9.17, 15) is 18.0 Å². The fourth-order valence-electron chi connectivity index (χ4n) is 2.32. The summed E-state index contributed by atoms with van der Waals surface area (Å²) < 4.78 is 43.6. The van der Waals surface area contributed by atoms with Crippen molar-refractivity contribution >= 4 is 28.5 Å². The van der Waals surface area contributed by atoms with Crippen LogP contribution < -0.4 is 10.3 Å². The summed E-state index contributed by atoms with van der Waals surface area (Å²) in [5.41, 5.74) is 1.24. The highest BCUT2D eigenvalue weighted by Gasteiger charge is 2.33. The molecule has 7 nitrogen and oxygen atoms in total. The molecule has 140 valence electrons. The Morgan fingerprint density at radius 2 is 2.12 bits per heavy atom. The third-order valence-electron chi connectivity index (χ3n) is 3.55. The fraction of sp³-hybridized carbons (Fsp3) is 0.400. The summed E-state index contributed by atoms with van der Waals surface area (Å²) in [4.78, 5) is 14.8. The Hall–Kier alpha value is -2.40. The lowest BCUT2D eigenvalue weighted by atomic mass is 10.4. The summed E-state index contributed by atoms with van der Waals surface area (Å²) in [6.45, 7) is 2.70. The lowest BCUT2D eigenvalue weighted by Crippen LogP contribution is -2.35. The minimum atomic E-state index is -4.53. The zero-order chi connectivity index (χ0) is 18.6. The van der Waals surface area contributed by atoms with Gasteiger partial charge in [0.25, 0.3) is 5.91 Å². The molecule has 1 N–H and O–H groups in total. The predicted octanol–water partition coefficient (Wildman–Crippen LogP) is 1.95. The van der Waals surface area contributed by atoms with Crippen molar-refractivity contribution in [2.45, 2.75) is 12.7 Å². The molecule has 1 fully saturated rings. The van der Waals surface area contributed by atoms with Crippen LogP contribution in [0.2, 0.25) is 0 Å². The van der Waals surface area contributed by atoms with E-state index in [0.717, 1.165) is 39.9 Å². The molecule has 1 aliphatic rings. The molecule has 1 amide bonds. The number of anilines is 1. The lowest BCUT2D eigenvalue weighted by molar-refractivity contribution is -0.141. The lowest BCUT2D eigenvalue weighted by Gasteiger charge is -2.27. The van der Waals surface area contributed by atoms with Crippen LogP contribution in [0.1, 0.15) is 10.6 Å². The number of hydrogen-bond donors (Lipinski definition) is 1. The van der Waals surface area contributed by atoms with E-state index in [1.54, 1.807) is 0 Å². The van der Waals surface area contributed by atoms with Crippen molar-refractivity contribution in [2.24, 2.45) is 5.10 Å². The molecule has 3 rings (SSSR count). The van der Waals surface area contributed by atoms with Crippen LogP contribution >= 0.6 is 11.3 Å². The van der Waals surface area contributed by atoms with Gasteiger partial charge >= 0.3 is 6.18 Å². The van der Waals surface area contributed by atoms with Crippen molar-refractivity contribution in [3.8, 4) is 0 Å². The summed E-state index contributed by atoms with van der Waals surface area (Å²) in [6.07, 6.45) is -1.94. The summed E-state index contributed by atoms with van der Waals surface area (Å²) in [6, 6.07) is 4.67. The van der Waals surface area contributed by atoms with E-state index in [-0.39, 0.29) is 6.54 Å². The first-order chi connectivity index (χ1) is 12.4. The number of nitrogens with zero attached hydrogens (tertiary/aromatic N) is 4. The Labute approximate surface area is 151 Å². The number of aromatic nitrogens is 2. The average molecular weight is 387 g/mol. The third-order valence-corrected chi connectivity index (χ3v) is 4.63. The van der Waals surface area contributed by atoms with Gasteiger partial charge in [0.2, 0.25) is 0 Å². The van der Waals surface area contributed by atoms with Gasteiger partial charge in [0.15, 0.2) is 5.69 Å². The first-order valence-electron chi connectivity index (χ1n) is 7.77. The first kappa shape index (κ1) is 18.4. The van der Waals surface area contributed by atoms with Crippen LogP contribution in [-0.4, -0.2) is 48.2 Å². The number of hydrazone groups is 1. The number of alkyl halides is 3. The second-order valence-corrected chi connectivity index (χ2v) is 6.56. The van der Waals surface area contributed by atoms with Gasteiger partial charge in [-0.3, -0.25) is 9.48 Å². The van der Waals surface area contributed by atoms with Crippen LogP contribution in [0.4, 0.5) is 18.2 Å². The number of morpholine rings is 1. The Kier molecular flexibility index (Phi) is 5.57. The summed E-state index contributed by atoms with van der Waals surface area (Å²) in [5.74, 6) is -0.567. The van der Waals surface area contributed by atoms with Crippen LogP contribution in [-0.2, 0) is 22.3 Å². The number of thiophene rings is 1. The summed E-state index contributed by atoms with van der Waals surface area (Å²) >= 11 is 1.53. The van der Waals surface area contributed by atoms with Crippen molar-refractivity contribution in [1.29, 1.82) is 0 Å². The molecule has 26 heavy (non-hydrogen) atoms. The summed E-state index contributed by atoms with van der Waals surface area (Å²) in [5, 5.41) is 8.23. The monoisotopic (exact) mass is 387 g/mol. The molecule has 11 heteroatoms. The van der Waals surface area contributed by atoms with Crippen molar-refractivity contribution in [3.05, 3.63) is 35.0 Å². The van der Waals surface area contributed by atoms with Gasteiger partial charge in [-0.1, -0.05) is 0 Å². The molecule has 0 spiro atoms. The van der Waals surface area contributed by atoms with Crippen LogP contribution in [0.25, 0.3) is 0 Å². The van der Waals surface area contributed by atoms with Crippen molar-refractivity contribution in [3.63, 3.8) is 0 Å². The van der Waals surface area contributed by atoms with E-state index < -0.39 is 17.8 Å². The molecule has 0 bridgehead atoms. The molecule has 1 saturated heterocycles. The van der Waals surface area contributed by atoms with E-state index >= 15 is 0 Å². The van der Waals surface area contributed by atoms with Gasteiger partial charge in [0.05, 0.1) is 24.4 Å². The van der Waals surface area contributed by atoms with Gasteiger partial charge < -0.3 is 9.64 Å². The Morgan fingerprint density at radius 1 is 1.35 bits per heavy atom. The van der Waals surface area contributed by atoms with Gasteiger partial charge in [0, 0.05) is 24.2 Å². The molecule has 1 aliphatic heterocycles. The van der Waals surface area contributed by atoms with E-state index in [1.165, 1.54) is 17.6 Å². The molecule has 0 radical (unpaired) electrons. The average Bonchev–Trinajstić information content (AvgIpc) is 3.25. The zero-order valence-electron chi connectivity index (χ0n) is 13.6. The highest BCUT2D eigenvalue weighted by Crippen LogP contribution is 2.27. The van der Waals surface area contributed by atoms with Crippen molar-refractivity contribution in [2.75, 3.05) is 31.2 Å². The second-order valence-electron chi connectivity index (χ2n) is 5.46. The number of hydrogen-bond acceptors (Lipinski definition) is 6. The van der Waals surface area contributed by atoms with Crippen LogP contribution in [0.15, 0.2) is 29.5 Å². The minimum Gasteiger partial charge on any atom is -0.378 e. The minimum absolute atomic E-state index is 0.350. The normalized spacial score (nSPS) is 15.6. The SMILES string of the molecule is O=C(Cn1ccc(C(F)(F)F)n1)N/N=C/c1ccc(N2CCOCC2)s1. The maximum absolute atomic E-state index is 12.5. The van der Waals surface area contributed by atoms with Crippen LogP contribution in [0, 0.1) is 0 Å². The number of ether oxygens (including phenoxy) is 1. The van der Waals surface area contributed by atoms with Crippen LogP contribution in [0.3, 0.4) is 0 Å². The number of carbonyl (C=O) groups excluding carboxylic acids is 1. The Morgan fingerprint density at radius 3 is 2.81 bits per heavy atom. The van der Waals surface area contributed by atoms with Crippen molar-refractivity contribution in [1.82, 2.24) is 15.2 Å². The quantitative estimate of drug-likeness (QED) is 0.629. The molecular weight excluding hydrogens is 371 g/mol. The number of rotatable bonds is 5. The standard InChI is InChI=1S/C15H16F3N5O2S/c16-15(17,18)12-3-4-23(21-12)10-13(24)20-19-9-11-1-2-14(26-11)22-5-7-25-8-6-22/h1-4,9H,5-8,10H2,(H,20,24)/b19-9+. The number of carbonyl (C=O) groups is 1. The van der Waals surface area contributed by atoms with E-state index in [1.807, 2.05) is 12.1 Å². The molecule has 2 aromatic rings. The zero-order valence-corrected chi connectivity index (χ0v) is 14.4. The Balaban J connectivity index is 1.49. The molecule has 0 unspecified atom stereocenters.